The first-order valence-electron chi connectivity index (χ1n) is 12.2. The highest BCUT2D eigenvalue weighted by Gasteiger charge is 2.40. The van der Waals surface area contributed by atoms with Gasteiger partial charge >= 0.3 is 0 Å². The lowest BCUT2D eigenvalue weighted by Crippen LogP contribution is -2.34. The molecule has 0 radical (unpaired) electrons. The molecule has 3 rings (SSSR count). The molecule has 0 N–H and O–H groups in total. The second-order valence-electron chi connectivity index (χ2n) is 8.99. The van der Waals surface area contributed by atoms with Crippen LogP contribution in [0.15, 0.2) is 34.5 Å². The quantitative estimate of drug-likeness (QED) is 0.263. The summed E-state index contributed by atoms with van der Waals surface area (Å²) in [5.41, 5.74) is 1.64. The molecule has 182 valence electrons. The molecule has 2 atom stereocenters. The highest BCUT2D eigenvalue weighted by atomic mass is 16.2. The van der Waals surface area contributed by atoms with Crippen LogP contribution in [-0.4, -0.2) is 57.9 Å². The zero-order chi connectivity index (χ0) is 24.8. The normalized spacial score (nSPS) is 20.1. The van der Waals surface area contributed by atoms with Gasteiger partial charge in [-0.05, 0) is 26.7 Å². The van der Waals surface area contributed by atoms with Crippen molar-refractivity contribution in [1.29, 1.82) is 0 Å². The molecular weight excluding hydrogens is 432 g/mol. The van der Waals surface area contributed by atoms with Crippen molar-refractivity contribution in [2.75, 3.05) is 13.1 Å². The van der Waals surface area contributed by atoms with Crippen LogP contribution in [0.1, 0.15) is 86.9 Å². The number of amides is 2. The van der Waals surface area contributed by atoms with Crippen LogP contribution in [0.5, 0.6) is 0 Å². The Morgan fingerprint density at radius 2 is 1.06 bits per heavy atom. The molecule has 1 aromatic rings. The first kappa shape index (κ1) is 25.5. The van der Waals surface area contributed by atoms with E-state index in [4.69, 9.17) is 0 Å². The van der Waals surface area contributed by atoms with Crippen LogP contribution in [0.25, 0.3) is 0 Å². The Morgan fingerprint density at radius 3 is 1.38 bits per heavy atom. The monoisotopic (exact) mass is 466 g/mol. The fraction of sp³-hybridized carbons (Fsp3) is 0.538. The number of ketones is 2. The van der Waals surface area contributed by atoms with Crippen molar-refractivity contribution in [2.24, 2.45) is 22.0 Å². The first-order chi connectivity index (χ1) is 16.3. The Bertz CT molecular complexity index is 931. The van der Waals surface area contributed by atoms with Crippen molar-refractivity contribution in [3.63, 3.8) is 0 Å². The summed E-state index contributed by atoms with van der Waals surface area (Å²) in [6.45, 7) is 8.57. The molecule has 2 aliphatic rings. The van der Waals surface area contributed by atoms with Crippen LogP contribution < -0.4 is 0 Å². The molecule has 0 saturated carbocycles. The number of Topliss-reactive ketones (excluding diaryl/α,β-unsaturated/α-hetero) is 2. The summed E-state index contributed by atoms with van der Waals surface area (Å²) in [5.74, 6) is -3.12. The molecule has 0 aliphatic carbocycles. The third-order valence-electron chi connectivity index (χ3n) is 6.32. The predicted molar refractivity (Wildman–Crippen MR) is 131 cm³/mol. The molecule has 8 nitrogen and oxygen atoms in total. The van der Waals surface area contributed by atoms with Gasteiger partial charge in [0.05, 0.1) is 11.4 Å². The van der Waals surface area contributed by atoms with E-state index in [-0.39, 0.29) is 23.4 Å². The Labute approximate surface area is 201 Å². The molecular formula is C26H34N4O4. The van der Waals surface area contributed by atoms with E-state index >= 15 is 0 Å². The molecule has 0 bridgehead atoms. The van der Waals surface area contributed by atoms with Crippen molar-refractivity contribution >= 4 is 34.8 Å². The Morgan fingerprint density at radius 1 is 0.706 bits per heavy atom. The van der Waals surface area contributed by atoms with Crippen LogP contribution in [0, 0.1) is 11.8 Å². The van der Waals surface area contributed by atoms with Gasteiger partial charge in [-0.25, -0.2) is 10.0 Å². The maximum absolute atomic E-state index is 13.1. The average molecular weight is 467 g/mol. The van der Waals surface area contributed by atoms with Crippen molar-refractivity contribution in [3.8, 4) is 0 Å². The van der Waals surface area contributed by atoms with Gasteiger partial charge in [-0.15, -0.1) is 0 Å². The van der Waals surface area contributed by atoms with E-state index in [9.17, 15) is 19.2 Å². The zero-order valence-electron chi connectivity index (χ0n) is 20.5. The molecule has 0 fully saturated rings. The number of carbonyl (C=O) groups is 4. The highest BCUT2D eigenvalue weighted by Crippen LogP contribution is 2.24. The van der Waals surface area contributed by atoms with Crippen LogP contribution in [0.3, 0.4) is 0 Å². The number of hydrazone groups is 2. The van der Waals surface area contributed by atoms with E-state index in [1.165, 1.54) is 10.0 Å². The second-order valence-corrected chi connectivity index (χ2v) is 8.99. The lowest BCUT2D eigenvalue weighted by molar-refractivity contribution is -0.131. The van der Waals surface area contributed by atoms with E-state index in [1.807, 2.05) is 0 Å². The molecule has 2 heterocycles. The lowest BCUT2D eigenvalue weighted by Gasteiger charge is -2.14. The minimum absolute atomic E-state index is 0.301. The molecule has 0 spiro atoms. The van der Waals surface area contributed by atoms with E-state index in [0.717, 1.165) is 38.5 Å². The van der Waals surface area contributed by atoms with Crippen LogP contribution in [0.2, 0.25) is 0 Å². The van der Waals surface area contributed by atoms with Crippen molar-refractivity contribution < 1.29 is 19.2 Å². The average Bonchev–Trinajstić information content (AvgIpc) is 3.27. The molecule has 2 aliphatic heterocycles. The summed E-state index contributed by atoms with van der Waals surface area (Å²) in [5, 5.41) is 11.4. The summed E-state index contributed by atoms with van der Waals surface area (Å²) in [6.07, 6.45) is 5.75. The number of hydrogen-bond acceptors (Lipinski definition) is 6. The number of unbranched alkanes of at least 4 members (excludes halogenated alkanes) is 4. The summed E-state index contributed by atoms with van der Waals surface area (Å²) in [6, 6.07) is 6.17. The Hall–Kier alpha value is -3.16. The van der Waals surface area contributed by atoms with Gasteiger partial charge < -0.3 is 0 Å². The van der Waals surface area contributed by atoms with E-state index in [1.54, 1.807) is 38.1 Å². The molecule has 1 aromatic carbocycles. The van der Waals surface area contributed by atoms with Crippen LogP contribution in [-0.2, 0) is 9.59 Å². The molecule has 2 amide bonds. The summed E-state index contributed by atoms with van der Waals surface area (Å²) >= 11 is 0. The van der Waals surface area contributed by atoms with E-state index < -0.39 is 11.8 Å². The summed E-state index contributed by atoms with van der Waals surface area (Å²) < 4.78 is 0. The van der Waals surface area contributed by atoms with Crippen molar-refractivity contribution in [1.82, 2.24) is 10.0 Å². The van der Waals surface area contributed by atoms with Crippen LogP contribution in [0.4, 0.5) is 0 Å². The Balaban J connectivity index is 1.67. The number of benzene rings is 1. The minimum Gasteiger partial charge on any atom is -0.293 e. The lowest BCUT2D eigenvalue weighted by atomic mass is 9.90. The van der Waals surface area contributed by atoms with Gasteiger partial charge in [0, 0.05) is 24.2 Å². The molecule has 8 heteroatoms. The molecule has 0 unspecified atom stereocenters. The molecule has 0 saturated heterocycles. The van der Waals surface area contributed by atoms with E-state index in [0.29, 0.717) is 35.6 Å². The Kier molecular flexibility index (Phi) is 8.47. The maximum Gasteiger partial charge on any atom is 0.259 e. The van der Waals surface area contributed by atoms with Gasteiger partial charge in [-0.1, -0.05) is 63.8 Å². The maximum atomic E-state index is 13.1. The highest BCUT2D eigenvalue weighted by molar-refractivity contribution is 6.28. The molecule has 0 aromatic heterocycles. The fourth-order valence-corrected chi connectivity index (χ4v) is 4.33. The largest absolute Gasteiger partial charge is 0.293 e. The standard InChI is InChI=1S/C26H34N4O4/c1-5-7-9-15-29-25(33)21(17(3)27-29)23(31)19-11-13-20(14-12-19)24(32)22-18(4)28-30(26(22)34)16-10-8-6-2/h11-14,21-22H,5-10,15-16H2,1-4H3/t21-,22-/m1/s1. The second kappa shape index (κ2) is 11.3. The van der Waals surface area contributed by atoms with Gasteiger partial charge in [0.2, 0.25) is 0 Å². The van der Waals surface area contributed by atoms with Gasteiger partial charge in [0.1, 0.15) is 11.8 Å². The summed E-state index contributed by atoms with van der Waals surface area (Å²) in [4.78, 5) is 51.6. The van der Waals surface area contributed by atoms with Gasteiger partial charge in [0.25, 0.3) is 11.8 Å². The third-order valence-corrected chi connectivity index (χ3v) is 6.32. The van der Waals surface area contributed by atoms with E-state index in [2.05, 4.69) is 24.1 Å². The predicted octanol–water partition coefficient (Wildman–Crippen LogP) is 4.10. The summed E-state index contributed by atoms with van der Waals surface area (Å²) in [7, 11) is 0. The van der Waals surface area contributed by atoms with Crippen molar-refractivity contribution in [2.45, 2.75) is 66.2 Å². The van der Waals surface area contributed by atoms with Gasteiger partial charge in [0.15, 0.2) is 11.6 Å². The number of nitrogens with zero attached hydrogens (tertiary/aromatic N) is 4. The minimum atomic E-state index is -0.925. The van der Waals surface area contributed by atoms with Crippen LogP contribution >= 0.6 is 0 Å². The smallest absolute Gasteiger partial charge is 0.259 e. The zero-order valence-corrected chi connectivity index (χ0v) is 20.5. The third kappa shape index (κ3) is 5.32. The molecule has 34 heavy (non-hydrogen) atoms. The fourth-order valence-electron chi connectivity index (χ4n) is 4.33. The number of rotatable bonds is 12. The van der Waals surface area contributed by atoms with Gasteiger partial charge in [-0.2, -0.15) is 10.2 Å². The first-order valence-corrected chi connectivity index (χ1v) is 12.2. The number of hydrogen-bond donors (Lipinski definition) is 0. The van der Waals surface area contributed by atoms with Gasteiger partial charge in [-0.3, -0.25) is 19.2 Å². The SMILES string of the molecule is CCCCCN1N=C(C)[C@H](C(=O)c2ccc(C(=O)[C@@H]3C(=O)N(CCCCC)N=C3C)cc2)C1=O. The van der Waals surface area contributed by atoms with Crippen molar-refractivity contribution in [3.05, 3.63) is 35.4 Å². The topological polar surface area (TPSA) is 99.5 Å². The number of carbonyl (C=O) groups excluding carboxylic acids is 4.